The zero-order valence-corrected chi connectivity index (χ0v) is 35.2. The molecular weight excluding hydrogens is 970 g/mol. The predicted octanol–water partition coefficient (Wildman–Crippen LogP) is 8.85. The average molecular weight is 996 g/mol. The van der Waals surface area contributed by atoms with Crippen LogP contribution in [0.1, 0.15) is 41.4 Å². The van der Waals surface area contributed by atoms with Gasteiger partial charge in [-0.15, -0.1) is 47.3 Å². The first kappa shape index (κ1) is 46.4. The lowest BCUT2D eigenvalue weighted by atomic mass is 9.99. The van der Waals surface area contributed by atoms with Gasteiger partial charge in [0.15, 0.2) is 0 Å². The van der Waals surface area contributed by atoms with Crippen LogP contribution in [0.25, 0.3) is 22.3 Å². The van der Waals surface area contributed by atoms with E-state index in [-0.39, 0.29) is 52.4 Å². The molecule has 1 N–H and O–H groups in total. The Morgan fingerprint density at radius 1 is 0.618 bits per heavy atom. The molecule has 22 heteroatoms. The van der Waals surface area contributed by atoms with Gasteiger partial charge in [-0.2, -0.15) is 0 Å². The van der Waals surface area contributed by atoms with Crippen LogP contribution < -0.4 is 4.74 Å². The summed E-state index contributed by atoms with van der Waals surface area (Å²) in [5.74, 6) is -4.02. The van der Waals surface area contributed by atoms with E-state index in [4.69, 9.17) is 27.9 Å². The molecule has 4 aromatic carbocycles. The molecule has 0 amide bonds. The average Bonchev–Trinajstić information content (AvgIpc) is 3.16. The van der Waals surface area contributed by atoms with E-state index in [1.807, 2.05) is 0 Å². The summed E-state index contributed by atoms with van der Waals surface area (Å²) in [5.41, 5.74) is -0.694. The molecule has 0 unspecified atom stereocenters. The molecule has 0 saturated heterocycles. The van der Waals surface area contributed by atoms with Crippen molar-refractivity contribution in [3.8, 4) is 33.8 Å². The Bertz CT molecular complexity index is 2100. The van der Waals surface area contributed by atoms with Gasteiger partial charge in [0.05, 0.1) is 77.7 Å². The summed E-state index contributed by atoms with van der Waals surface area (Å²) in [7, 11) is 5.88. The van der Waals surface area contributed by atoms with Crippen molar-refractivity contribution in [2.75, 3.05) is 35.5 Å². The zero-order valence-electron chi connectivity index (χ0n) is 28.9. The summed E-state index contributed by atoms with van der Waals surface area (Å²) in [4.78, 5) is 68.0. The van der Waals surface area contributed by atoms with E-state index in [0.717, 1.165) is 20.3 Å². The number of carbonyl (C=O) groups excluding carboxylic acids is 4. The molecule has 0 atom stereocenters. The number of nitrogens with zero attached hydrogens (tertiary/aromatic N) is 2. The summed E-state index contributed by atoms with van der Waals surface area (Å²) >= 11 is 21.6. The monoisotopic (exact) mass is 992 g/mol. The first-order valence-corrected chi connectivity index (χ1v) is 18.1. The second-order valence-electron chi connectivity index (χ2n) is 10.0. The zero-order chi connectivity index (χ0) is 41.7. The van der Waals surface area contributed by atoms with Crippen molar-refractivity contribution in [1.82, 2.24) is 0 Å². The van der Waals surface area contributed by atoms with E-state index >= 15 is 0 Å². The third kappa shape index (κ3) is 11.6. The smallest absolute Gasteiger partial charge is 0.369 e. The number of rotatable bonds is 9. The highest BCUT2D eigenvalue weighted by Crippen LogP contribution is 2.46. The van der Waals surface area contributed by atoms with Crippen molar-refractivity contribution < 1.29 is 57.8 Å². The van der Waals surface area contributed by atoms with Crippen molar-refractivity contribution in [3.63, 3.8) is 0 Å². The molecule has 55 heavy (non-hydrogen) atoms. The van der Waals surface area contributed by atoms with Gasteiger partial charge in [0.25, 0.3) is 0 Å². The number of phenols is 1. The minimum atomic E-state index is -0.963. The minimum absolute atomic E-state index is 0.0382. The van der Waals surface area contributed by atoms with Crippen molar-refractivity contribution >= 4 is 109 Å². The van der Waals surface area contributed by atoms with E-state index < -0.39 is 56.4 Å². The predicted molar refractivity (Wildman–Crippen MR) is 213 cm³/mol. The van der Waals surface area contributed by atoms with E-state index in [9.17, 15) is 44.5 Å². The standard InChI is InChI=1S/C17H14ClNO7.C16H12ClNO7.BBr3/c1-24-15-11(17(21)26-3)8-12(18)13(14(15)19(22)23)9-4-6-10(7-5-9)16(20)25-2;1-24-15(20)9-5-3-8(4-6-9)12-11(17)7-10(16(21)25-2)14(19)13(12)18(22)23;2-1(3)4/h4-8H,1-3H3;3-7,19H,1-2H3;. The summed E-state index contributed by atoms with van der Waals surface area (Å²) in [6.45, 7) is 0. The molecule has 0 aliphatic heterocycles. The lowest BCUT2D eigenvalue weighted by Crippen LogP contribution is -2.08. The Morgan fingerprint density at radius 3 is 1.27 bits per heavy atom. The van der Waals surface area contributed by atoms with Crippen LogP contribution in [0, 0.1) is 20.2 Å². The minimum Gasteiger partial charge on any atom is -0.501 e. The molecular formula is C33H26BBr3Cl2N2O14. The number of hydrogen-bond acceptors (Lipinski definition) is 14. The van der Waals surface area contributed by atoms with Gasteiger partial charge in [0, 0.05) is 0 Å². The van der Waals surface area contributed by atoms with Crippen molar-refractivity contribution in [3.05, 3.63) is 113 Å². The molecule has 0 aliphatic carbocycles. The fourth-order valence-electron chi connectivity index (χ4n) is 4.66. The molecule has 4 aromatic rings. The van der Waals surface area contributed by atoms with Crippen LogP contribution in [-0.4, -0.2) is 77.6 Å². The van der Waals surface area contributed by atoms with Crippen molar-refractivity contribution in [2.24, 2.45) is 0 Å². The Kier molecular flexibility index (Phi) is 18.0. The van der Waals surface area contributed by atoms with E-state index in [1.165, 1.54) is 75.9 Å². The molecule has 4 rings (SSSR count). The summed E-state index contributed by atoms with van der Waals surface area (Å²) in [5, 5.41) is 33.0. The number of esters is 4. The molecule has 0 radical (unpaired) electrons. The van der Waals surface area contributed by atoms with Crippen LogP contribution in [0.15, 0.2) is 60.7 Å². The number of hydrogen-bond donors (Lipinski definition) is 1. The van der Waals surface area contributed by atoms with Gasteiger partial charge in [-0.05, 0) is 47.5 Å². The third-order valence-corrected chi connectivity index (χ3v) is 7.60. The fourth-order valence-corrected chi connectivity index (χ4v) is 5.28. The van der Waals surface area contributed by atoms with Crippen LogP contribution in [0.3, 0.4) is 0 Å². The number of nitro groups is 2. The maximum Gasteiger partial charge on any atom is 0.369 e. The molecule has 290 valence electrons. The summed E-state index contributed by atoms with van der Waals surface area (Å²) in [6.07, 6.45) is 0. The number of halogens is 5. The number of carbonyl (C=O) groups is 4. The van der Waals surface area contributed by atoms with Crippen LogP contribution >= 0.6 is 70.5 Å². The van der Waals surface area contributed by atoms with Crippen LogP contribution in [0.4, 0.5) is 11.4 Å². The van der Waals surface area contributed by atoms with Crippen LogP contribution in [0.2, 0.25) is 10.0 Å². The number of nitro benzene ring substituents is 2. The second kappa shape index (κ2) is 21.4. The topological polar surface area (TPSA) is 221 Å². The molecule has 16 nitrogen and oxygen atoms in total. The van der Waals surface area contributed by atoms with E-state index in [0.29, 0.717) is 5.56 Å². The first-order chi connectivity index (χ1) is 25.9. The number of ether oxygens (including phenoxy) is 5. The molecule has 0 aliphatic rings. The van der Waals surface area contributed by atoms with Gasteiger partial charge in [0.2, 0.25) is 11.5 Å². The van der Waals surface area contributed by atoms with Gasteiger partial charge >= 0.3 is 38.4 Å². The quantitative estimate of drug-likeness (QED) is 0.0544. The van der Waals surface area contributed by atoms with Gasteiger partial charge in [-0.25, -0.2) is 19.2 Å². The molecule has 0 saturated carbocycles. The normalized spacial score (nSPS) is 9.93. The van der Waals surface area contributed by atoms with Crippen LogP contribution in [-0.2, 0) is 18.9 Å². The molecule has 0 fully saturated rings. The maximum atomic E-state index is 11.9. The van der Waals surface area contributed by atoms with E-state index in [1.54, 1.807) is 0 Å². The van der Waals surface area contributed by atoms with Crippen molar-refractivity contribution in [1.29, 1.82) is 0 Å². The van der Waals surface area contributed by atoms with Gasteiger partial charge in [0.1, 0.15) is 11.1 Å². The summed E-state index contributed by atoms with van der Waals surface area (Å²) < 4.78 is 23.6. The first-order valence-electron chi connectivity index (χ1n) is 14.6. The van der Waals surface area contributed by atoms with Gasteiger partial charge in [-0.3, -0.25) is 20.2 Å². The fraction of sp³-hybridized carbons (Fsp3) is 0.152. The SMILES string of the molecule is BrB(Br)Br.COC(=O)c1ccc(-c2c(Cl)cc(C(=O)OC)c(O)c2[N+](=O)[O-])cc1.COC(=O)c1ccc(-c2c(Cl)cc(C(=O)OC)c(OC)c2[N+](=O)[O-])cc1. The highest BCUT2D eigenvalue weighted by Gasteiger charge is 2.32. The number of benzene rings is 4. The molecule has 0 spiro atoms. The van der Waals surface area contributed by atoms with Gasteiger partial charge < -0.3 is 28.8 Å². The third-order valence-electron chi connectivity index (χ3n) is 7.00. The Hall–Kier alpha value is -4.76. The molecule has 0 heterocycles. The van der Waals surface area contributed by atoms with Gasteiger partial charge in [-0.1, -0.05) is 47.5 Å². The molecule has 0 aromatic heterocycles. The Morgan fingerprint density at radius 2 is 0.945 bits per heavy atom. The lowest BCUT2D eigenvalue weighted by Gasteiger charge is -2.13. The van der Waals surface area contributed by atoms with E-state index in [2.05, 4.69) is 66.2 Å². The molecule has 0 bridgehead atoms. The van der Waals surface area contributed by atoms with Crippen molar-refractivity contribution in [2.45, 2.75) is 0 Å². The Labute approximate surface area is 347 Å². The largest absolute Gasteiger partial charge is 0.501 e. The second-order valence-corrected chi connectivity index (χ2v) is 17.3. The number of methoxy groups -OCH3 is 5. The highest BCUT2D eigenvalue weighted by molar-refractivity contribution is 9.69. The number of phenolic OH excluding ortho intramolecular Hbond substituents is 1. The highest BCUT2D eigenvalue weighted by atomic mass is 79.9. The summed E-state index contributed by atoms with van der Waals surface area (Å²) in [6, 6.07) is 13.8. The lowest BCUT2D eigenvalue weighted by molar-refractivity contribution is -0.385. The number of aromatic hydroxyl groups is 1. The maximum absolute atomic E-state index is 11.9. The van der Waals surface area contributed by atoms with Crippen LogP contribution in [0.5, 0.6) is 11.5 Å². The Balaban J connectivity index is 0.000000347.